The van der Waals surface area contributed by atoms with Gasteiger partial charge in [-0.25, -0.2) is 0 Å². The number of nitrogens with one attached hydrogen (secondary N) is 1. The van der Waals surface area contributed by atoms with Gasteiger partial charge in [-0.1, -0.05) is 13.0 Å². The Bertz CT molecular complexity index is 786. The van der Waals surface area contributed by atoms with Gasteiger partial charge in [0, 0.05) is 30.4 Å². The van der Waals surface area contributed by atoms with Crippen LogP contribution in [0.5, 0.6) is 0 Å². The van der Waals surface area contributed by atoms with Crippen molar-refractivity contribution < 1.29 is 14.0 Å². The lowest BCUT2D eigenvalue weighted by molar-refractivity contribution is 0.0573. The third kappa shape index (κ3) is 3.80. The van der Waals surface area contributed by atoms with E-state index in [9.17, 15) is 9.59 Å². The maximum absolute atomic E-state index is 13.0. The van der Waals surface area contributed by atoms with Crippen molar-refractivity contribution in [2.75, 3.05) is 18.4 Å². The zero-order chi connectivity index (χ0) is 18.7. The third-order valence-corrected chi connectivity index (χ3v) is 4.99. The second kappa shape index (κ2) is 7.74. The molecule has 0 radical (unpaired) electrons. The molecule has 3 N–H and O–H groups in total. The Morgan fingerprint density at radius 3 is 2.85 bits per heavy atom. The molecule has 0 saturated carbocycles. The van der Waals surface area contributed by atoms with Gasteiger partial charge in [-0.2, -0.15) is 0 Å². The highest BCUT2D eigenvalue weighted by molar-refractivity contribution is 6.04. The van der Waals surface area contributed by atoms with Crippen LogP contribution in [0.4, 0.5) is 5.69 Å². The van der Waals surface area contributed by atoms with Gasteiger partial charge >= 0.3 is 0 Å². The second-order valence-electron chi connectivity index (χ2n) is 6.98. The molecule has 2 atom stereocenters. The van der Waals surface area contributed by atoms with Crippen LogP contribution in [-0.4, -0.2) is 35.8 Å². The Kier molecular flexibility index (Phi) is 5.42. The Hall–Kier alpha value is -2.60. The molecule has 0 aliphatic carbocycles. The number of carbonyl (C=O) groups excluding carboxylic acids is 2. The Balaban J connectivity index is 1.80. The largest absolute Gasteiger partial charge is 0.459 e. The molecule has 1 aromatic carbocycles. The number of nitrogens with two attached hydrogens (primary N) is 1. The minimum Gasteiger partial charge on any atom is -0.459 e. The van der Waals surface area contributed by atoms with Crippen molar-refractivity contribution in [3.05, 3.63) is 53.5 Å². The molecule has 3 rings (SSSR count). The fourth-order valence-electron chi connectivity index (χ4n) is 3.39. The number of hydrogen-bond donors (Lipinski definition) is 2. The monoisotopic (exact) mass is 355 g/mol. The fraction of sp³-hybridized carbons (Fsp3) is 0.400. The number of hydrogen-bond acceptors (Lipinski definition) is 4. The van der Waals surface area contributed by atoms with E-state index in [1.807, 2.05) is 17.9 Å². The summed E-state index contributed by atoms with van der Waals surface area (Å²) in [6.07, 6.45) is 3.36. The number of likely N-dealkylation sites (tertiary alicyclic amines) is 1. The van der Waals surface area contributed by atoms with Gasteiger partial charge in [0.1, 0.15) is 0 Å². The molecule has 6 nitrogen and oxygen atoms in total. The Labute approximate surface area is 153 Å². The van der Waals surface area contributed by atoms with Crippen LogP contribution >= 0.6 is 0 Å². The molecule has 1 aliphatic rings. The summed E-state index contributed by atoms with van der Waals surface area (Å²) in [6.45, 7) is 5.25. The first-order valence-corrected chi connectivity index (χ1v) is 8.96. The zero-order valence-electron chi connectivity index (χ0n) is 15.2. The minimum atomic E-state index is -0.339. The minimum absolute atomic E-state index is 0.0409. The van der Waals surface area contributed by atoms with Crippen LogP contribution in [-0.2, 0) is 0 Å². The number of nitrogens with zero attached hydrogens (tertiary/aromatic N) is 1. The first-order valence-electron chi connectivity index (χ1n) is 8.96. The summed E-state index contributed by atoms with van der Waals surface area (Å²) in [4.78, 5) is 27.1. The molecule has 1 aromatic heterocycles. The highest BCUT2D eigenvalue weighted by Crippen LogP contribution is 2.25. The molecule has 2 heterocycles. The number of benzene rings is 1. The average Bonchev–Trinajstić information content (AvgIpc) is 3.17. The van der Waals surface area contributed by atoms with Crippen LogP contribution in [0.2, 0.25) is 0 Å². The van der Waals surface area contributed by atoms with Crippen molar-refractivity contribution in [2.45, 2.75) is 32.7 Å². The fourth-order valence-corrected chi connectivity index (χ4v) is 3.39. The van der Waals surface area contributed by atoms with E-state index in [0.717, 1.165) is 18.4 Å². The van der Waals surface area contributed by atoms with Crippen LogP contribution in [0, 0.1) is 12.8 Å². The first-order chi connectivity index (χ1) is 12.5. The number of rotatable bonds is 4. The molecule has 6 heteroatoms. The molecule has 2 amide bonds. The number of anilines is 1. The van der Waals surface area contributed by atoms with Gasteiger partial charge in [-0.3, -0.25) is 9.59 Å². The summed E-state index contributed by atoms with van der Waals surface area (Å²) >= 11 is 0. The molecule has 1 fully saturated rings. The van der Waals surface area contributed by atoms with Gasteiger partial charge in [0.2, 0.25) is 0 Å². The van der Waals surface area contributed by atoms with Crippen molar-refractivity contribution in [2.24, 2.45) is 11.7 Å². The molecule has 26 heavy (non-hydrogen) atoms. The Morgan fingerprint density at radius 1 is 1.35 bits per heavy atom. The molecule has 0 spiro atoms. The number of aryl methyl sites for hydroxylation is 1. The van der Waals surface area contributed by atoms with Gasteiger partial charge in [0.25, 0.3) is 11.8 Å². The van der Waals surface area contributed by atoms with Crippen LogP contribution in [0.1, 0.15) is 46.2 Å². The van der Waals surface area contributed by atoms with E-state index in [4.69, 9.17) is 10.2 Å². The van der Waals surface area contributed by atoms with Gasteiger partial charge in [-0.05, 0) is 55.5 Å². The maximum atomic E-state index is 13.0. The van der Waals surface area contributed by atoms with Crippen molar-refractivity contribution in [3.8, 4) is 0 Å². The van der Waals surface area contributed by atoms with Gasteiger partial charge in [-0.15, -0.1) is 0 Å². The van der Waals surface area contributed by atoms with Crippen LogP contribution < -0.4 is 11.1 Å². The number of carbonyl (C=O) groups is 2. The first kappa shape index (κ1) is 18.2. The highest BCUT2D eigenvalue weighted by atomic mass is 16.3. The summed E-state index contributed by atoms with van der Waals surface area (Å²) < 4.78 is 5.12. The van der Waals surface area contributed by atoms with E-state index in [-0.39, 0.29) is 23.6 Å². The summed E-state index contributed by atoms with van der Waals surface area (Å²) in [6, 6.07) is 8.69. The summed E-state index contributed by atoms with van der Waals surface area (Å²) in [5, 5.41) is 2.81. The zero-order valence-corrected chi connectivity index (χ0v) is 15.2. The van der Waals surface area contributed by atoms with Gasteiger partial charge < -0.3 is 20.4 Å². The number of furan rings is 1. The van der Waals surface area contributed by atoms with E-state index in [1.165, 1.54) is 6.26 Å². The third-order valence-electron chi connectivity index (χ3n) is 4.99. The van der Waals surface area contributed by atoms with Crippen LogP contribution in [0.25, 0.3) is 0 Å². The molecular formula is C20H25N3O3. The molecule has 2 unspecified atom stereocenters. The highest BCUT2D eigenvalue weighted by Gasteiger charge is 2.29. The van der Waals surface area contributed by atoms with Gasteiger partial charge in [0.15, 0.2) is 5.76 Å². The molecule has 1 saturated heterocycles. The standard InChI is InChI=1S/C20H25N3O3/c1-13-7-8-23(16(10-13)12-21)20(25)15-6-5-14(2)17(11-15)22-19(24)18-4-3-9-26-18/h3-6,9,11,13,16H,7-8,10,12,21H2,1-2H3,(H,22,24). The van der Waals surface area contributed by atoms with Crippen molar-refractivity contribution in [1.29, 1.82) is 0 Å². The average molecular weight is 355 g/mol. The Morgan fingerprint density at radius 2 is 2.15 bits per heavy atom. The van der Waals surface area contributed by atoms with Crippen molar-refractivity contribution in [3.63, 3.8) is 0 Å². The molecular weight excluding hydrogens is 330 g/mol. The predicted octanol–water partition coefficient (Wildman–Crippen LogP) is 3.04. The van der Waals surface area contributed by atoms with Crippen LogP contribution in [0.3, 0.4) is 0 Å². The number of amides is 2. The summed E-state index contributed by atoms with van der Waals surface area (Å²) in [7, 11) is 0. The van der Waals surface area contributed by atoms with E-state index >= 15 is 0 Å². The van der Waals surface area contributed by atoms with E-state index in [2.05, 4.69) is 12.2 Å². The topological polar surface area (TPSA) is 88.6 Å². The summed E-state index contributed by atoms with van der Waals surface area (Å²) in [5.41, 5.74) is 7.92. The molecule has 2 aromatic rings. The molecule has 0 bridgehead atoms. The van der Waals surface area contributed by atoms with Crippen molar-refractivity contribution >= 4 is 17.5 Å². The summed E-state index contributed by atoms with van der Waals surface area (Å²) in [5.74, 6) is 0.429. The molecule has 138 valence electrons. The van der Waals surface area contributed by atoms with Crippen LogP contribution in [0.15, 0.2) is 41.0 Å². The SMILES string of the molecule is Cc1ccc(C(=O)N2CCC(C)CC2CN)cc1NC(=O)c1ccco1. The lowest BCUT2D eigenvalue weighted by atomic mass is 9.91. The van der Waals surface area contributed by atoms with Gasteiger partial charge in [0.05, 0.1) is 6.26 Å². The van der Waals surface area contributed by atoms with E-state index in [0.29, 0.717) is 30.3 Å². The smallest absolute Gasteiger partial charge is 0.291 e. The normalized spacial score (nSPS) is 20.0. The predicted molar refractivity (Wildman–Crippen MR) is 100 cm³/mol. The second-order valence-corrected chi connectivity index (χ2v) is 6.98. The lowest BCUT2D eigenvalue weighted by Gasteiger charge is -2.38. The van der Waals surface area contributed by atoms with E-state index in [1.54, 1.807) is 24.3 Å². The lowest BCUT2D eigenvalue weighted by Crippen LogP contribution is -2.49. The quantitative estimate of drug-likeness (QED) is 0.882. The van der Waals surface area contributed by atoms with E-state index < -0.39 is 0 Å². The maximum Gasteiger partial charge on any atom is 0.291 e. The number of piperidine rings is 1. The molecule has 1 aliphatic heterocycles. The van der Waals surface area contributed by atoms with Crippen molar-refractivity contribution in [1.82, 2.24) is 4.90 Å².